The van der Waals surface area contributed by atoms with Crippen molar-refractivity contribution in [2.24, 2.45) is 5.73 Å². The Balaban J connectivity index is 2.51. The number of hydrogen-bond donors (Lipinski definition) is 2. The van der Waals surface area contributed by atoms with Crippen LogP contribution in [0.4, 0.5) is 4.39 Å². The lowest BCUT2D eigenvalue weighted by Gasteiger charge is -2.09. The minimum absolute atomic E-state index is 0.181. The predicted octanol–water partition coefficient (Wildman–Crippen LogP) is 0.188. The number of rotatable bonds is 4. The molecule has 0 fully saturated rings. The highest BCUT2D eigenvalue weighted by Gasteiger charge is 2.14. The zero-order valence-electron chi connectivity index (χ0n) is 8.02. The van der Waals surface area contributed by atoms with Gasteiger partial charge >= 0.3 is 5.97 Å². The molecule has 0 bridgehead atoms. The molecule has 1 aromatic rings. The fourth-order valence-corrected chi connectivity index (χ4v) is 0.946. The fraction of sp³-hybridized carbons (Fsp3) is 0.300. The van der Waals surface area contributed by atoms with E-state index in [0.29, 0.717) is 0 Å². The molecule has 0 aromatic heterocycles. The van der Waals surface area contributed by atoms with Gasteiger partial charge in [0.25, 0.3) is 0 Å². The van der Waals surface area contributed by atoms with E-state index in [9.17, 15) is 9.18 Å². The van der Waals surface area contributed by atoms with Crippen molar-refractivity contribution < 1.29 is 19.0 Å². The third kappa shape index (κ3) is 3.30. The van der Waals surface area contributed by atoms with E-state index < -0.39 is 24.4 Å². The van der Waals surface area contributed by atoms with Gasteiger partial charge in [0.15, 0.2) is 0 Å². The number of esters is 1. The summed E-state index contributed by atoms with van der Waals surface area (Å²) in [5.74, 6) is -1.19. The number of ether oxygens (including phenoxy) is 1. The Morgan fingerprint density at radius 2 is 2.20 bits per heavy atom. The Hall–Kier alpha value is -1.46. The zero-order chi connectivity index (χ0) is 11.3. The highest BCUT2D eigenvalue weighted by atomic mass is 19.1. The summed E-state index contributed by atoms with van der Waals surface area (Å²) < 4.78 is 17.7. The van der Waals surface area contributed by atoms with Crippen LogP contribution in [0.1, 0.15) is 5.56 Å². The third-order valence-electron chi connectivity index (χ3n) is 1.83. The molecule has 15 heavy (non-hydrogen) atoms. The van der Waals surface area contributed by atoms with Crippen molar-refractivity contribution in [3.63, 3.8) is 0 Å². The van der Waals surface area contributed by atoms with Crippen molar-refractivity contribution >= 4 is 5.97 Å². The standard InChI is InChI=1S/C10H12FNO3/c11-8-4-2-1-3-7(8)6-15-10(14)9(12)5-13/h1-4,9,13H,5-6,12H2/t9-/m0/s1. The molecule has 4 nitrogen and oxygen atoms in total. The second-order valence-corrected chi connectivity index (χ2v) is 2.99. The molecular weight excluding hydrogens is 201 g/mol. The number of carbonyl (C=O) groups is 1. The van der Waals surface area contributed by atoms with Crippen LogP contribution in [0.3, 0.4) is 0 Å². The van der Waals surface area contributed by atoms with Gasteiger partial charge in [-0.2, -0.15) is 0 Å². The van der Waals surface area contributed by atoms with Gasteiger partial charge in [-0.25, -0.2) is 4.39 Å². The maximum absolute atomic E-state index is 13.1. The van der Waals surface area contributed by atoms with Gasteiger partial charge in [0, 0.05) is 5.56 Å². The molecule has 0 aliphatic heterocycles. The predicted molar refractivity (Wildman–Crippen MR) is 51.3 cm³/mol. The Labute approximate surface area is 86.5 Å². The van der Waals surface area contributed by atoms with Crippen LogP contribution < -0.4 is 5.73 Å². The van der Waals surface area contributed by atoms with E-state index in [0.717, 1.165) is 0 Å². The molecule has 0 unspecified atom stereocenters. The van der Waals surface area contributed by atoms with Crippen molar-refractivity contribution in [3.05, 3.63) is 35.6 Å². The molecule has 0 spiro atoms. The topological polar surface area (TPSA) is 72.5 Å². The van der Waals surface area contributed by atoms with E-state index in [4.69, 9.17) is 15.6 Å². The largest absolute Gasteiger partial charge is 0.459 e. The van der Waals surface area contributed by atoms with Gasteiger partial charge in [0.2, 0.25) is 0 Å². The lowest BCUT2D eigenvalue weighted by atomic mass is 10.2. The van der Waals surface area contributed by atoms with Crippen molar-refractivity contribution in [1.29, 1.82) is 0 Å². The summed E-state index contributed by atoms with van der Waals surface area (Å²) in [6.45, 7) is -0.671. The molecule has 5 heteroatoms. The number of benzene rings is 1. The maximum Gasteiger partial charge on any atom is 0.325 e. The maximum atomic E-state index is 13.1. The first kappa shape index (κ1) is 11.6. The van der Waals surface area contributed by atoms with E-state index in [-0.39, 0.29) is 12.2 Å². The van der Waals surface area contributed by atoms with Crippen LogP contribution in [0.5, 0.6) is 0 Å². The number of aliphatic hydroxyl groups excluding tert-OH is 1. The van der Waals surface area contributed by atoms with Crippen molar-refractivity contribution in [2.75, 3.05) is 6.61 Å². The average Bonchev–Trinajstić information content (AvgIpc) is 2.26. The fourth-order valence-electron chi connectivity index (χ4n) is 0.946. The minimum atomic E-state index is -1.07. The summed E-state index contributed by atoms with van der Waals surface area (Å²) in [6.07, 6.45) is 0. The SMILES string of the molecule is N[C@@H](CO)C(=O)OCc1ccccc1F. The Morgan fingerprint density at radius 3 is 2.80 bits per heavy atom. The zero-order valence-corrected chi connectivity index (χ0v) is 8.02. The van der Waals surface area contributed by atoms with E-state index in [1.54, 1.807) is 12.1 Å². The third-order valence-corrected chi connectivity index (χ3v) is 1.83. The van der Waals surface area contributed by atoms with Crippen molar-refractivity contribution in [3.8, 4) is 0 Å². The van der Waals surface area contributed by atoms with Gasteiger partial charge < -0.3 is 15.6 Å². The van der Waals surface area contributed by atoms with E-state index in [1.807, 2.05) is 0 Å². The van der Waals surface area contributed by atoms with Crippen LogP contribution in [0.25, 0.3) is 0 Å². The number of carbonyl (C=O) groups excluding carboxylic acids is 1. The molecule has 0 saturated carbocycles. The molecule has 1 aromatic carbocycles. The number of hydrogen-bond acceptors (Lipinski definition) is 4. The summed E-state index contributed by atoms with van der Waals surface area (Å²) >= 11 is 0. The quantitative estimate of drug-likeness (QED) is 0.700. The monoisotopic (exact) mass is 213 g/mol. The van der Waals surface area contributed by atoms with Gasteiger partial charge in [-0.05, 0) is 6.07 Å². The molecule has 3 N–H and O–H groups in total. The van der Waals surface area contributed by atoms with Crippen LogP contribution in [-0.2, 0) is 16.1 Å². The normalized spacial score (nSPS) is 12.2. The summed E-state index contributed by atoms with van der Waals surface area (Å²) in [4.78, 5) is 11.0. The van der Waals surface area contributed by atoms with E-state index >= 15 is 0 Å². The Kier molecular flexibility index (Phi) is 4.20. The molecule has 0 aliphatic carbocycles. The van der Waals surface area contributed by atoms with E-state index in [1.165, 1.54) is 12.1 Å². The highest BCUT2D eigenvalue weighted by molar-refractivity contribution is 5.75. The summed E-state index contributed by atoms with van der Waals surface area (Å²) in [5.41, 5.74) is 5.47. The molecular formula is C10H12FNO3. The van der Waals surface area contributed by atoms with Crippen molar-refractivity contribution in [2.45, 2.75) is 12.6 Å². The summed E-state index contributed by atoms with van der Waals surface area (Å²) in [5, 5.41) is 8.56. The number of aliphatic hydroxyl groups is 1. The van der Waals surface area contributed by atoms with Crippen LogP contribution in [0.15, 0.2) is 24.3 Å². The first-order valence-electron chi connectivity index (χ1n) is 4.41. The molecule has 0 saturated heterocycles. The number of nitrogens with two attached hydrogens (primary N) is 1. The molecule has 1 rings (SSSR count). The van der Waals surface area contributed by atoms with Crippen LogP contribution in [0, 0.1) is 5.82 Å². The smallest absolute Gasteiger partial charge is 0.325 e. The number of halogens is 1. The van der Waals surface area contributed by atoms with Crippen molar-refractivity contribution in [1.82, 2.24) is 0 Å². The Bertz CT molecular complexity index is 343. The molecule has 1 atom stereocenters. The van der Waals surface area contributed by atoms with Gasteiger partial charge in [-0.1, -0.05) is 18.2 Å². The molecule has 0 amide bonds. The first-order chi connectivity index (χ1) is 7.15. The lowest BCUT2D eigenvalue weighted by Crippen LogP contribution is -2.35. The van der Waals surface area contributed by atoms with E-state index in [2.05, 4.69) is 0 Å². The minimum Gasteiger partial charge on any atom is -0.459 e. The lowest BCUT2D eigenvalue weighted by molar-refractivity contribution is -0.147. The second kappa shape index (κ2) is 5.43. The Morgan fingerprint density at radius 1 is 1.53 bits per heavy atom. The van der Waals surface area contributed by atoms with Crippen LogP contribution >= 0.6 is 0 Å². The van der Waals surface area contributed by atoms with Gasteiger partial charge in [-0.15, -0.1) is 0 Å². The van der Waals surface area contributed by atoms with Crippen LogP contribution in [0.2, 0.25) is 0 Å². The van der Waals surface area contributed by atoms with Crippen LogP contribution in [-0.4, -0.2) is 23.7 Å². The van der Waals surface area contributed by atoms with Gasteiger partial charge in [-0.3, -0.25) is 4.79 Å². The summed E-state index contributed by atoms with van der Waals surface area (Å²) in [7, 11) is 0. The molecule has 0 radical (unpaired) electrons. The first-order valence-corrected chi connectivity index (χ1v) is 4.41. The molecule has 0 heterocycles. The second-order valence-electron chi connectivity index (χ2n) is 2.99. The molecule has 82 valence electrons. The highest BCUT2D eigenvalue weighted by Crippen LogP contribution is 2.07. The van der Waals surface area contributed by atoms with Gasteiger partial charge in [0.05, 0.1) is 6.61 Å². The van der Waals surface area contributed by atoms with Gasteiger partial charge in [0.1, 0.15) is 18.5 Å². The summed E-state index contributed by atoms with van der Waals surface area (Å²) in [6, 6.07) is 4.89. The molecule has 0 aliphatic rings. The average molecular weight is 213 g/mol.